The van der Waals surface area contributed by atoms with Crippen LogP contribution in [0.4, 0.5) is 20.6 Å². The molecule has 2 aliphatic rings. The number of halogens is 1. The second-order valence-corrected chi connectivity index (χ2v) is 5.95. The third kappa shape index (κ3) is 3.31. The molecule has 2 heterocycles. The fourth-order valence-electron chi connectivity index (χ4n) is 3.02. The Morgan fingerprint density at radius 3 is 2.60 bits per heavy atom. The van der Waals surface area contributed by atoms with Gasteiger partial charge in [-0.05, 0) is 30.3 Å². The number of hydrogen-bond donors (Lipinski definition) is 1. The van der Waals surface area contributed by atoms with Crippen LogP contribution in [0.3, 0.4) is 0 Å². The summed E-state index contributed by atoms with van der Waals surface area (Å²) >= 11 is 0. The fraction of sp³-hybridized carbons (Fsp3) is 0.278. The van der Waals surface area contributed by atoms with Gasteiger partial charge in [-0.3, -0.25) is 0 Å². The van der Waals surface area contributed by atoms with Crippen LogP contribution in [-0.4, -0.2) is 43.9 Å². The molecule has 1 saturated heterocycles. The average Bonchev–Trinajstić information content (AvgIpc) is 3.09. The first-order valence-corrected chi connectivity index (χ1v) is 8.15. The summed E-state index contributed by atoms with van der Waals surface area (Å²) in [4.78, 5) is 16.3. The van der Waals surface area contributed by atoms with Crippen LogP contribution < -0.4 is 19.7 Å². The maximum Gasteiger partial charge on any atom is 0.321 e. The maximum atomic E-state index is 13.3. The van der Waals surface area contributed by atoms with Crippen molar-refractivity contribution in [2.45, 2.75) is 0 Å². The third-order valence-electron chi connectivity index (χ3n) is 4.36. The van der Waals surface area contributed by atoms with Gasteiger partial charge in [0.1, 0.15) is 5.82 Å². The van der Waals surface area contributed by atoms with E-state index < -0.39 is 0 Å². The van der Waals surface area contributed by atoms with Crippen molar-refractivity contribution in [1.82, 2.24) is 4.90 Å². The van der Waals surface area contributed by atoms with E-state index >= 15 is 0 Å². The Kier molecular flexibility index (Phi) is 4.05. The van der Waals surface area contributed by atoms with Crippen molar-refractivity contribution in [3.8, 4) is 11.5 Å². The number of anilines is 2. The number of fused-ring (bicyclic) bond motifs is 1. The van der Waals surface area contributed by atoms with Gasteiger partial charge in [0.25, 0.3) is 0 Å². The highest BCUT2D eigenvalue weighted by molar-refractivity contribution is 5.90. The number of urea groups is 1. The number of benzene rings is 2. The van der Waals surface area contributed by atoms with Gasteiger partial charge in [0.2, 0.25) is 6.79 Å². The molecule has 0 spiro atoms. The molecule has 2 aromatic rings. The lowest BCUT2D eigenvalue weighted by Crippen LogP contribution is -2.50. The Hall–Kier alpha value is -2.96. The topological polar surface area (TPSA) is 54.0 Å². The molecule has 4 rings (SSSR count). The van der Waals surface area contributed by atoms with Crippen LogP contribution in [0.1, 0.15) is 0 Å². The molecule has 0 saturated carbocycles. The van der Waals surface area contributed by atoms with Crippen LogP contribution in [0.2, 0.25) is 0 Å². The van der Waals surface area contributed by atoms with E-state index in [0.29, 0.717) is 43.4 Å². The molecule has 2 aliphatic heterocycles. The van der Waals surface area contributed by atoms with Gasteiger partial charge in [0, 0.05) is 43.6 Å². The summed E-state index contributed by atoms with van der Waals surface area (Å²) in [5.41, 5.74) is 1.51. The van der Waals surface area contributed by atoms with E-state index in [9.17, 15) is 9.18 Å². The average molecular weight is 343 g/mol. The van der Waals surface area contributed by atoms with Crippen LogP contribution in [0.25, 0.3) is 0 Å². The zero-order valence-corrected chi connectivity index (χ0v) is 13.6. The summed E-state index contributed by atoms with van der Waals surface area (Å²) in [7, 11) is 0. The largest absolute Gasteiger partial charge is 0.454 e. The first-order valence-electron chi connectivity index (χ1n) is 8.15. The molecule has 0 atom stereocenters. The van der Waals surface area contributed by atoms with Crippen LogP contribution in [0, 0.1) is 5.82 Å². The number of piperazine rings is 1. The SMILES string of the molecule is O=C(Nc1ccc2c(c1)OCO2)N1CCN(c2cccc(F)c2)CC1. The summed E-state index contributed by atoms with van der Waals surface area (Å²) in [6.45, 7) is 2.69. The minimum atomic E-state index is -0.250. The van der Waals surface area contributed by atoms with E-state index in [1.807, 2.05) is 6.07 Å². The van der Waals surface area contributed by atoms with Crippen LogP contribution in [-0.2, 0) is 0 Å². The van der Waals surface area contributed by atoms with E-state index in [4.69, 9.17) is 9.47 Å². The van der Waals surface area contributed by atoms with E-state index in [1.54, 1.807) is 29.2 Å². The maximum absolute atomic E-state index is 13.3. The highest BCUT2D eigenvalue weighted by atomic mass is 19.1. The number of hydrogen-bond acceptors (Lipinski definition) is 4. The molecule has 1 fully saturated rings. The number of carbonyl (C=O) groups excluding carboxylic acids is 1. The zero-order chi connectivity index (χ0) is 17.2. The van der Waals surface area contributed by atoms with E-state index in [2.05, 4.69) is 10.2 Å². The molecule has 25 heavy (non-hydrogen) atoms. The number of nitrogens with one attached hydrogen (secondary N) is 1. The first-order chi connectivity index (χ1) is 12.2. The van der Waals surface area contributed by atoms with E-state index in [-0.39, 0.29) is 18.6 Å². The minimum Gasteiger partial charge on any atom is -0.454 e. The Balaban J connectivity index is 1.35. The fourth-order valence-corrected chi connectivity index (χ4v) is 3.02. The van der Waals surface area contributed by atoms with Crippen LogP contribution in [0.15, 0.2) is 42.5 Å². The number of carbonyl (C=O) groups is 1. The number of rotatable bonds is 2. The van der Waals surface area contributed by atoms with Gasteiger partial charge in [-0.15, -0.1) is 0 Å². The van der Waals surface area contributed by atoms with Gasteiger partial charge in [-0.2, -0.15) is 0 Å². The molecule has 0 radical (unpaired) electrons. The lowest BCUT2D eigenvalue weighted by molar-refractivity contribution is 0.174. The molecule has 0 aromatic heterocycles. The van der Waals surface area contributed by atoms with Crippen molar-refractivity contribution in [2.75, 3.05) is 43.2 Å². The lowest BCUT2D eigenvalue weighted by Gasteiger charge is -2.36. The predicted octanol–water partition coefficient (Wildman–Crippen LogP) is 2.91. The first kappa shape index (κ1) is 15.6. The monoisotopic (exact) mass is 343 g/mol. The Labute approximate surface area is 144 Å². The van der Waals surface area contributed by atoms with Gasteiger partial charge < -0.3 is 24.6 Å². The second kappa shape index (κ2) is 6.51. The summed E-state index contributed by atoms with van der Waals surface area (Å²) in [6, 6.07) is 11.7. The Morgan fingerprint density at radius 2 is 1.80 bits per heavy atom. The second-order valence-electron chi connectivity index (χ2n) is 5.95. The van der Waals surface area contributed by atoms with Gasteiger partial charge in [0.05, 0.1) is 0 Å². The molecule has 1 N–H and O–H groups in total. The summed E-state index contributed by atoms with van der Waals surface area (Å²) in [5.74, 6) is 1.07. The molecule has 6 nitrogen and oxygen atoms in total. The molecule has 7 heteroatoms. The van der Waals surface area contributed by atoms with Crippen molar-refractivity contribution in [3.63, 3.8) is 0 Å². The quantitative estimate of drug-likeness (QED) is 0.911. The summed E-state index contributed by atoms with van der Waals surface area (Å²) in [6.07, 6.45) is 0. The Morgan fingerprint density at radius 1 is 1.00 bits per heavy atom. The third-order valence-corrected chi connectivity index (χ3v) is 4.36. The normalized spacial score (nSPS) is 16.0. The number of nitrogens with zero attached hydrogens (tertiary/aromatic N) is 2. The van der Waals surface area contributed by atoms with E-state index in [1.165, 1.54) is 12.1 Å². The number of amides is 2. The highest BCUT2D eigenvalue weighted by Gasteiger charge is 2.22. The predicted molar refractivity (Wildman–Crippen MR) is 91.8 cm³/mol. The van der Waals surface area contributed by atoms with Gasteiger partial charge >= 0.3 is 6.03 Å². The molecule has 0 unspecified atom stereocenters. The van der Waals surface area contributed by atoms with Crippen molar-refractivity contribution in [2.24, 2.45) is 0 Å². The zero-order valence-electron chi connectivity index (χ0n) is 13.6. The lowest BCUT2D eigenvalue weighted by atomic mass is 10.2. The number of ether oxygens (including phenoxy) is 2. The van der Waals surface area contributed by atoms with E-state index in [0.717, 1.165) is 5.69 Å². The molecular formula is C18H18FN3O3. The Bertz CT molecular complexity index is 791. The van der Waals surface area contributed by atoms with Crippen molar-refractivity contribution in [3.05, 3.63) is 48.3 Å². The van der Waals surface area contributed by atoms with Gasteiger partial charge in [0.15, 0.2) is 11.5 Å². The summed E-state index contributed by atoms with van der Waals surface area (Å²) in [5, 5.41) is 2.88. The molecule has 0 bridgehead atoms. The summed E-state index contributed by atoms with van der Waals surface area (Å²) < 4.78 is 23.9. The van der Waals surface area contributed by atoms with Crippen molar-refractivity contribution >= 4 is 17.4 Å². The molecular weight excluding hydrogens is 325 g/mol. The van der Waals surface area contributed by atoms with Crippen molar-refractivity contribution < 1.29 is 18.7 Å². The molecule has 0 aliphatic carbocycles. The van der Waals surface area contributed by atoms with Gasteiger partial charge in [-0.1, -0.05) is 6.07 Å². The molecule has 130 valence electrons. The van der Waals surface area contributed by atoms with Crippen LogP contribution >= 0.6 is 0 Å². The molecule has 2 amide bonds. The van der Waals surface area contributed by atoms with Crippen molar-refractivity contribution in [1.29, 1.82) is 0 Å². The molecule has 2 aromatic carbocycles. The van der Waals surface area contributed by atoms with Gasteiger partial charge in [-0.25, -0.2) is 9.18 Å². The van der Waals surface area contributed by atoms with Crippen LogP contribution in [0.5, 0.6) is 11.5 Å². The standard InChI is InChI=1S/C18H18FN3O3/c19-13-2-1-3-15(10-13)21-6-8-22(9-7-21)18(23)20-14-4-5-16-17(11-14)25-12-24-16/h1-5,10-11H,6-9,12H2,(H,20,23). The smallest absolute Gasteiger partial charge is 0.321 e. The minimum absolute atomic E-state index is 0.155. The highest BCUT2D eigenvalue weighted by Crippen LogP contribution is 2.34.